The zero-order valence-corrected chi connectivity index (χ0v) is 13.1. The zero-order valence-electron chi connectivity index (χ0n) is 13.1. The zero-order chi connectivity index (χ0) is 15.0. The fourth-order valence-corrected chi connectivity index (χ4v) is 3.46. The van der Waals surface area contributed by atoms with Gasteiger partial charge in [-0.3, -0.25) is 0 Å². The molecule has 0 saturated heterocycles. The van der Waals surface area contributed by atoms with Gasteiger partial charge in [-0.15, -0.1) is 0 Å². The van der Waals surface area contributed by atoms with Gasteiger partial charge in [-0.1, -0.05) is 30.3 Å². The van der Waals surface area contributed by atoms with E-state index in [1.807, 2.05) is 0 Å². The molecule has 0 amide bonds. The lowest BCUT2D eigenvalue weighted by Gasteiger charge is -2.17. The molecule has 2 nitrogen and oxygen atoms in total. The van der Waals surface area contributed by atoms with E-state index in [-0.39, 0.29) is 6.04 Å². The van der Waals surface area contributed by atoms with Crippen LogP contribution in [0.1, 0.15) is 45.8 Å². The quantitative estimate of drug-likeness (QED) is 0.927. The first-order valence-electron chi connectivity index (χ1n) is 7.62. The summed E-state index contributed by atoms with van der Waals surface area (Å²) in [6, 6.07) is 10.9. The van der Waals surface area contributed by atoms with Crippen LogP contribution in [-0.4, -0.2) is 7.11 Å². The average molecular weight is 281 g/mol. The minimum atomic E-state index is -0.0702. The molecule has 0 saturated carbocycles. The van der Waals surface area contributed by atoms with E-state index in [0.29, 0.717) is 0 Å². The molecule has 0 heterocycles. The van der Waals surface area contributed by atoms with Gasteiger partial charge in [-0.2, -0.15) is 0 Å². The van der Waals surface area contributed by atoms with Crippen LogP contribution < -0.4 is 10.5 Å². The third-order valence-corrected chi connectivity index (χ3v) is 4.53. The molecule has 3 rings (SSSR count). The largest absolute Gasteiger partial charge is 0.496 e. The molecule has 1 atom stereocenters. The Morgan fingerprint density at radius 3 is 2.29 bits per heavy atom. The van der Waals surface area contributed by atoms with Crippen LogP contribution in [0.4, 0.5) is 0 Å². The highest BCUT2D eigenvalue weighted by atomic mass is 16.5. The van der Waals surface area contributed by atoms with Crippen molar-refractivity contribution in [2.45, 2.75) is 39.2 Å². The van der Waals surface area contributed by atoms with Crippen molar-refractivity contribution in [2.24, 2.45) is 5.73 Å². The molecule has 1 unspecified atom stereocenters. The van der Waals surface area contributed by atoms with Crippen molar-refractivity contribution in [1.82, 2.24) is 0 Å². The number of nitrogens with two attached hydrogens (primary N) is 1. The predicted octanol–water partition coefficient (Wildman–Crippen LogP) is 3.85. The van der Waals surface area contributed by atoms with Crippen molar-refractivity contribution in [1.29, 1.82) is 0 Å². The maximum atomic E-state index is 6.50. The summed E-state index contributed by atoms with van der Waals surface area (Å²) >= 11 is 0. The lowest BCUT2D eigenvalue weighted by Crippen LogP contribution is -2.13. The van der Waals surface area contributed by atoms with Gasteiger partial charge < -0.3 is 10.5 Å². The molecular formula is C19H23NO. The summed E-state index contributed by atoms with van der Waals surface area (Å²) in [7, 11) is 1.72. The number of methoxy groups -OCH3 is 1. The summed E-state index contributed by atoms with van der Waals surface area (Å²) in [5.74, 6) is 0.958. The summed E-state index contributed by atoms with van der Waals surface area (Å²) < 4.78 is 5.44. The highest BCUT2D eigenvalue weighted by Gasteiger charge is 2.16. The molecule has 1 aliphatic carbocycles. The number of aryl methyl sites for hydroxylation is 4. The van der Waals surface area contributed by atoms with Crippen LogP contribution in [0.25, 0.3) is 0 Å². The molecule has 2 N–H and O–H groups in total. The Morgan fingerprint density at radius 2 is 1.62 bits per heavy atom. The number of hydrogen-bond acceptors (Lipinski definition) is 2. The summed E-state index contributed by atoms with van der Waals surface area (Å²) in [5.41, 5.74) is 14.1. The van der Waals surface area contributed by atoms with Gasteiger partial charge in [-0.25, -0.2) is 0 Å². The molecule has 2 aromatic rings. The van der Waals surface area contributed by atoms with Crippen LogP contribution in [0.15, 0.2) is 30.3 Å². The van der Waals surface area contributed by atoms with Crippen molar-refractivity contribution in [3.05, 3.63) is 63.7 Å². The van der Waals surface area contributed by atoms with Crippen molar-refractivity contribution in [3.8, 4) is 5.75 Å². The summed E-state index contributed by atoms with van der Waals surface area (Å²) in [6.45, 7) is 4.15. The Kier molecular flexibility index (Phi) is 3.73. The predicted molar refractivity (Wildman–Crippen MR) is 87.0 cm³/mol. The fourth-order valence-electron chi connectivity index (χ4n) is 3.46. The number of rotatable bonds is 3. The van der Waals surface area contributed by atoms with E-state index in [0.717, 1.165) is 22.4 Å². The third-order valence-electron chi connectivity index (χ3n) is 4.53. The topological polar surface area (TPSA) is 35.2 Å². The van der Waals surface area contributed by atoms with Crippen LogP contribution >= 0.6 is 0 Å². The van der Waals surface area contributed by atoms with Gasteiger partial charge in [0.1, 0.15) is 5.75 Å². The van der Waals surface area contributed by atoms with Gasteiger partial charge in [0.15, 0.2) is 0 Å². The van der Waals surface area contributed by atoms with Crippen LogP contribution in [0, 0.1) is 13.8 Å². The standard InChI is InChI=1S/C19H23NO/c1-12-9-17(10-13(2)19(12)21-3)18(20)16-8-7-14-5-4-6-15(14)11-16/h7-11,18H,4-6,20H2,1-3H3. The van der Waals surface area contributed by atoms with E-state index >= 15 is 0 Å². The van der Waals surface area contributed by atoms with Gasteiger partial charge in [0.05, 0.1) is 13.2 Å². The summed E-state index contributed by atoms with van der Waals surface area (Å²) in [6.07, 6.45) is 3.68. The monoisotopic (exact) mass is 281 g/mol. The Balaban J connectivity index is 1.97. The Hall–Kier alpha value is -1.80. The molecule has 0 radical (unpaired) electrons. The first kappa shape index (κ1) is 14.2. The molecular weight excluding hydrogens is 258 g/mol. The molecule has 0 spiro atoms. The lowest BCUT2D eigenvalue weighted by atomic mass is 9.94. The highest BCUT2D eigenvalue weighted by molar-refractivity contribution is 5.47. The van der Waals surface area contributed by atoms with Crippen molar-refractivity contribution >= 4 is 0 Å². The smallest absolute Gasteiger partial charge is 0.124 e. The minimum Gasteiger partial charge on any atom is -0.496 e. The van der Waals surface area contributed by atoms with Gasteiger partial charge in [0, 0.05) is 0 Å². The van der Waals surface area contributed by atoms with Crippen LogP contribution in [0.2, 0.25) is 0 Å². The van der Waals surface area contributed by atoms with Crippen LogP contribution in [0.5, 0.6) is 5.75 Å². The van der Waals surface area contributed by atoms with Crippen molar-refractivity contribution in [2.75, 3.05) is 7.11 Å². The molecule has 0 aliphatic heterocycles. The second kappa shape index (κ2) is 5.53. The minimum absolute atomic E-state index is 0.0702. The normalized spacial score (nSPS) is 14.9. The average Bonchev–Trinajstić information content (AvgIpc) is 2.93. The highest BCUT2D eigenvalue weighted by Crippen LogP contribution is 2.31. The summed E-state index contributed by atoms with van der Waals surface area (Å²) in [4.78, 5) is 0. The van der Waals surface area contributed by atoms with Crippen LogP contribution in [0.3, 0.4) is 0 Å². The number of fused-ring (bicyclic) bond motifs is 1. The molecule has 2 aromatic carbocycles. The maximum Gasteiger partial charge on any atom is 0.124 e. The maximum absolute atomic E-state index is 6.50. The number of benzene rings is 2. The summed E-state index contributed by atoms with van der Waals surface area (Å²) in [5, 5.41) is 0. The van der Waals surface area contributed by atoms with Gasteiger partial charge >= 0.3 is 0 Å². The van der Waals surface area contributed by atoms with E-state index in [4.69, 9.17) is 10.5 Å². The van der Waals surface area contributed by atoms with E-state index in [2.05, 4.69) is 44.2 Å². The molecule has 0 bridgehead atoms. The molecule has 21 heavy (non-hydrogen) atoms. The van der Waals surface area contributed by atoms with Gasteiger partial charge in [0.25, 0.3) is 0 Å². The fraction of sp³-hybridized carbons (Fsp3) is 0.368. The van der Waals surface area contributed by atoms with Crippen molar-refractivity contribution < 1.29 is 4.74 Å². The molecule has 1 aliphatic rings. The molecule has 0 fully saturated rings. The first-order chi connectivity index (χ1) is 10.1. The second-order valence-corrected chi connectivity index (χ2v) is 6.05. The van der Waals surface area contributed by atoms with E-state index < -0.39 is 0 Å². The SMILES string of the molecule is COc1c(C)cc(C(N)c2ccc3c(c2)CCC3)cc1C. The first-order valence-corrected chi connectivity index (χ1v) is 7.62. The Bertz CT molecular complexity index is 652. The van der Waals surface area contributed by atoms with E-state index in [1.165, 1.54) is 36.0 Å². The number of ether oxygens (including phenoxy) is 1. The Labute approximate surface area is 126 Å². The number of hydrogen-bond donors (Lipinski definition) is 1. The van der Waals surface area contributed by atoms with Crippen LogP contribution in [-0.2, 0) is 12.8 Å². The van der Waals surface area contributed by atoms with E-state index in [1.54, 1.807) is 7.11 Å². The van der Waals surface area contributed by atoms with Gasteiger partial charge in [-0.05, 0) is 66.5 Å². The van der Waals surface area contributed by atoms with Crippen molar-refractivity contribution in [3.63, 3.8) is 0 Å². The molecule has 0 aromatic heterocycles. The second-order valence-electron chi connectivity index (χ2n) is 6.05. The lowest BCUT2D eigenvalue weighted by molar-refractivity contribution is 0.408. The van der Waals surface area contributed by atoms with E-state index in [9.17, 15) is 0 Å². The Morgan fingerprint density at radius 1 is 0.952 bits per heavy atom. The third kappa shape index (κ3) is 2.56. The van der Waals surface area contributed by atoms with Gasteiger partial charge in [0.2, 0.25) is 0 Å². The molecule has 2 heteroatoms. The molecule has 110 valence electrons.